The molecule has 0 aliphatic rings. The highest BCUT2D eigenvalue weighted by molar-refractivity contribution is 5.96. The molecule has 128 valence electrons. The van der Waals surface area contributed by atoms with E-state index >= 15 is 0 Å². The van der Waals surface area contributed by atoms with E-state index in [1.54, 1.807) is 7.11 Å². The van der Waals surface area contributed by atoms with Gasteiger partial charge in [-0.15, -0.1) is 0 Å². The Bertz CT molecular complexity index is 750. The number of carbonyl (C=O) groups excluding carboxylic acids is 1. The fourth-order valence-corrected chi connectivity index (χ4v) is 2.98. The summed E-state index contributed by atoms with van der Waals surface area (Å²) >= 11 is 0. The smallest absolute Gasteiger partial charge is 0.252 e. The number of nitrogens with one attached hydrogen (secondary N) is 1. The van der Waals surface area contributed by atoms with E-state index in [1.807, 2.05) is 39.0 Å². The van der Waals surface area contributed by atoms with Crippen LogP contribution in [0.1, 0.15) is 57.6 Å². The lowest BCUT2D eigenvalue weighted by molar-refractivity contribution is 0.0935. The van der Waals surface area contributed by atoms with Crippen LogP contribution >= 0.6 is 0 Å². The molecule has 0 spiro atoms. The number of carbonyl (C=O) groups is 1. The molecular formula is C21H27NO2. The van der Waals surface area contributed by atoms with Crippen LogP contribution in [0.25, 0.3) is 0 Å². The van der Waals surface area contributed by atoms with E-state index in [0.717, 1.165) is 40.0 Å². The normalized spacial score (nSPS) is 11.9. The molecule has 0 aromatic heterocycles. The highest BCUT2D eigenvalue weighted by Crippen LogP contribution is 2.25. The molecule has 0 unspecified atom stereocenters. The number of amides is 1. The van der Waals surface area contributed by atoms with E-state index in [2.05, 4.69) is 31.3 Å². The van der Waals surface area contributed by atoms with Crippen LogP contribution in [-0.2, 0) is 0 Å². The highest BCUT2D eigenvalue weighted by atomic mass is 16.5. The van der Waals surface area contributed by atoms with Crippen molar-refractivity contribution in [2.75, 3.05) is 7.11 Å². The van der Waals surface area contributed by atoms with Crippen LogP contribution in [0, 0.1) is 27.7 Å². The maximum atomic E-state index is 12.7. The Hall–Kier alpha value is -2.29. The van der Waals surface area contributed by atoms with Crippen LogP contribution in [0.4, 0.5) is 0 Å². The predicted molar refractivity (Wildman–Crippen MR) is 98.9 cm³/mol. The molecule has 24 heavy (non-hydrogen) atoms. The van der Waals surface area contributed by atoms with Gasteiger partial charge in [0.2, 0.25) is 0 Å². The van der Waals surface area contributed by atoms with Crippen LogP contribution < -0.4 is 10.1 Å². The van der Waals surface area contributed by atoms with Crippen LogP contribution in [0.3, 0.4) is 0 Å². The molecule has 0 fully saturated rings. The predicted octanol–water partition coefficient (Wildman–Crippen LogP) is 4.81. The van der Waals surface area contributed by atoms with Crippen molar-refractivity contribution >= 4 is 5.91 Å². The van der Waals surface area contributed by atoms with Gasteiger partial charge in [0.05, 0.1) is 13.2 Å². The average Bonchev–Trinajstić information content (AvgIpc) is 2.55. The van der Waals surface area contributed by atoms with Crippen molar-refractivity contribution in [3.05, 3.63) is 63.7 Å². The molecule has 0 radical (unpaired) electrons. The second-order valence-corrected chi connectivity index (χ2v) is 6.41. The van der Waals surface area contributed by atoms with Gasteiger partial charge in [-0.2, -0.15) is 0 Å². The van der Waals surface area contributed by atoms with E-state index in [9.17, 15) is 4.79 Å². The van der Waals surface area contributed by atoms with Crippen LogP contribution in [0.15, 0.2) is 30.3 Å². The Morgan fingerprint density at radius 1 is 1.00 bits per heavy atom. The van der Waals surface area contributed by atoms with Gasteiger partial charge in [-0.3, -0.25) is 4.79 Å². The summed E-state index contributed by atoms with van der Waals surface area (Å²) in [7, 11) is 1.67. The first-order chi connectivity index (χ1) is 11.4. The Morgan fingerprint density at radius 2 is 1.67 bits per heavy atom. The van der Waals surface area contributed by atoms with E-state index < -0.39 is 0 Å². The monoisotopic (exact) mass is 325 g/mol. The molecule has 2 aromatic carbocycles. The zero-order chi connectivity index (χ0) is 17.9. The zero-order valence-electron chi connectivity index (χ0n) is 15.5. The molecule has 0 aliphatic heterocycles. The molecule has 0 heterocycles. The molecule has 0 saturated carbocycles. The minimum Gasteiger partial charge on any atom is -0.496 e. The largest absolute Gasteiger partial charge is 0.496 e. The summed E-state index contributed by atoms with van der Waals surface area (Å²) in [4.78, 5) is 12.7. The maximum Gasteiger partial charge on any atom is 0.252 e. The summed E-state index contributed by atoms with van der Waals surface area (Å²) in [6, 6.07) is 10.1. The Morgan fingerprint density at radius 3 is 2.25 bits per heavy atom. The van der Waals surface area contributed by atoms with Gasteiger partial charge in [0, 0.05) is 5.56 Å². The van der Waals surface area contributed by atoms with Gasteiger partial charge in [0.15, 0.2) is 0 Å². The fourth-order valence-electron chi connectivity index (χ4n) is 2.98. The van der Waals surface area contributed by atoms with Gasteiger partial charge in [0.25, 0.3) is 5.91 Å². The minimum absolute atomic E-state index is 0.0110. The maximum absolute atomic E-state index is 12.7. The van der Waals surface area contributed by atoms with Crippen LogP contribution in [-0.4, -0.2) is 13.0 Å². The van der Waals surface area contributed by atoms with Gasteiger partial charge in [-0.25, -0.2) is 0 Å². The van der Waals surface area contributed by atoms with Crippen LogP contribution in [0.2, 0.25) is 0 Å². The summed E-state index contributed by atoms with van der Waals surface area (Å²) < 4.78 is 5.32. The molecule has 0 saturated heterocycles. The van der Waals surface area contributed by atoms with Crippen molar-refractivity contribution in [3.8, 4) is 5.75 Å². The first-order valence-corrected chi connectivity index (χ1v) is 8.40. The van der Waals surface area contributed by atoms with E-state index in [-0.39, 0.29) is 11.9 Å². The Labute approximate surface area is 145 Å². The van der Waals surface area contributed by atoms with Crippen molar-refractivity contribution in [1.29, 1.82) is 0 Å². The SMILES string of the molecule is CC[C@@H](NC(=O)c1cc(C)c(C)cc1C)c1ccc(OC)c(C)c1. The lowest BCUT2D eigenvalue weighted by atomic mass is 9.98. The Kier molecular flexibility index (Phi) is 5.66. The zero-order valence-corrected chi connectivity index (χ0v) is 15.5. The third kappa shape index (κ3) is 3.78. The third-order valence-electron chi connectivity index (χ3n) is 4.62. The summed E-state index contributed by atoms with van der Waals surface area (Å²) in [5.74, 6) is 0.848. The first-order valence-electron chi connectivity index (χ1n) is 8.40. The minimum atomic E-state index is -0.0177. The first kappa shape index (κ1) is 18.1. The number of hydrogen-bond donors (Lipinski definition) is 1. The summed E-state index contributed by atoms with van der Waals surface area (Å²) in [5.41, 5.74) is 6.29. The quantitative estimate of drug-likeness (QED) is 0.856. The van der Waals surface area contributed by atoms with Crippen LogP contribution in [0.5, 0.6) is 5.75 Å². The fraction of sp³-hybridized carbons (Fsp3) is 0.381. The lowest BCUT2D eigenvalue weighted by Crippen LogP contribution is -2.29. The van der Waals surface area contributed by atoms with E-state index in [0.29, 0.717) is 0 Å². The molecule has 3 nitrogen and oxygen atoms in total. The second kappa shape index (κ2) is 7.52. The number of benzene rings is 2. The van der Waals surface area contributed by atoms with Gasteiger partial charge in [-0.1, -0.05) is 25.1 Å². The van der Waals surface area contributed by atoms with Gasteiger partial charge in [-0.05, 0) is 74.1 Å². The van der Waals surface area contributed by atoms with Crippen molar-refractivity contribution in [1.82, 2.24) is 5.32 Å². The molecular weight excluding hydrogens is 298 g/mol. The Balaban J connectivity index is 2.25. The summed E-state index contributed by atoms with van der Waals surface area (Å²) in [6.07, 6.45) is 0.835. The highest BCUT2D eigenvalue weighted by Gasteiger charge is 2.17. The van der Waals surface area contributed by atoms with Gasteiger partial charge < -0.3 is 10.1 Å². The van der Waals surface area contributed by atoms with Crippen molar-refractivity contribution in [2.45, 2.75) is 47.1 Å². The van der Waals surface area contributed by atoms with Crippen molar-refractivity contribution in [2.24, 2.45) is 0 Å². The van der Waals surface area contributed by atoms with Gasteiger partial charge in [0.1, 0.15) is 5.75 Å². The number of methoxy groups -OCH3 is 1. The number of rotatable bonds is 5. The van der Waals surface area contributed by atoms with Crippen molar-refractivity contribution in [3.63, 3.8) is 0 Å². The molecule has 1 amide bonds. The second-order valence-electron chi connectivity index (χ2n) is 6.41. The van der Waals surface area contributed by atoms with Crippen molar-refractivity contribution < 1.29 is 9.53 Å². The lowest BCUT2D eigenvalue weighted by Gasteiger charge is -2.20. The number of aryl methyl sites for hydroxylation is 4. The standard InChI is InChI=1S/C21H27NO2/c1-7-19(17-8-9-20(24-6)16(5)11-17)22-21(23)18-12-14(3)13(2)10-15(18)4/h8-12,19H,7H2,1-6H3,(H,22,23)/t19-/m1/s1. The van der Waals surface area contributed by atoms with E-state index in [4.69, 9.17) is 4.74 Å². The molecule has 3 heteroatoms. The summed E-state index contributed by atoms with van der Waals surface area (Å²) in [5, 5.41) is 3.17. The van der Waals surface area contributed by atoms with E-state index in [1.165, 1.54) is 5.56 Å². The molecule has 0 aliphatic carbocycles. The number of ether oxygens (including phenoxy) is 1. The topological polar surface area (TPSA) is 38.3 Å². The molecule has 1 atom stereocenters. The molecule has 2 rings (SSSR count). The molecule has 2 aromatic rings. The molecule has 0 bridgehead atoms. The summed E-state index contributed by atoms with van der Waals surface area (Å²) in [6.45, 7) is 10.2. The average molecular weight is 325 g/mol. The molecule has 1 N–H and O–H groups in total. The third-order valence-corrected chi connectivity index (χ3v) is 4.62. The number of hydrogen-bond acceptors (Lipinski definition) is 2. The van der Waals surface area contributed by atoms with Gasteiger partial charge >= 0.3 is 0 Å².